The van der Waals surface area contributed by atoms with Gasteiger partial charge in [-0.05, 0) is 24.3 Å². The zero-order chi connectivity index (χ0) is 24.7. The molecular weight excluding hydrogens is 540 g/mol. The molecule has 1 aliphatic heterocycles. The van der Waals surface area contributed by atoms with Crippen LogP contribution in [0.1, 0.15) is 0 Å². The standard InChI is InChI=1S/C12H10O3P.C5H5.2CO.F6P.Fe/c1-2-6-10(7-3-1)13-16-14-11-8-4-5-9-12(11)15-16;1-2-4-5-3-1;2*1-2;1-7(2,3,4,5)6;/h1-9,16H;1-5H;;;;/q+1;;;;-1;. The summed E-state index contributed by atoms with van der Waals surface area (Å²) in [5.41, 5.74) is 0. The SMILES string of the molecule is F[P-](F)(F)(F)(F)F.[C-]#[O+].[C-]#[O+].[CH]1C=CC=C1.[Fe].c1ccc(O[PH+]2Oc3ccccc3O2)cc1. The van der Waals surface area contributed by atoms with Crippen molar-refractivity contribution in [3.8, 4) is 17.2 Å². The van der Waals surface area contributed by atoms with E-state index in [1.807, 2.05) is 85.3 Å². The zero-order valence-electron chi connectivity index (χ0n) is 16.2. The van der Waals surface area contributed by atoms with Gasteiger partial charge in [0.25, 0.3) is 0 Å². The molecular formula is C19H15F6FeO5P2. The van der Waals surface area contributed by atoms with Gasteiger partial charge in [0.1, 0.15) is 0 Å². The summed E-state index contributed by atoms with van der Waals surface area (Å²) in [6, 6.07) is 17.1. The Kier molecular flexibility index (Phi) is 14.1. The molecule has 0 bridgehead atoms. The third-order valence-corrected chi connectivity index (χ3v) is 3.91. The minimum Gasteiger partial charge on any atom is -0.273 e. The Labute approximate surface area is 197 Å². The first-order chi connectivity index (χ1) is 14.9. The molecule has 1 heterocycles. The summed E-state index contributed by atoms with van der Waals surface area (Å²) in [6.07, 6.45) is 10.0. The molecule has 0 fully saturated rings. The number of para-hydroxylation sites is 3. The molecule has 0 saturated carbocycles. The van der Waals surface area contributed by atoms with E-state index in [-0.39, 0.29) is 17.1 Å². The third kappa shape index (κ3) is 20.1. The summed E-state index contributed by atoms with van der Waals surface area (Å²) in [5, 5.41) is 0. The average Bonchev–Trinajstić information content (AvgIpc) is 3.42. The maximum absolute atomic E-state index is 10.7. The predicted molar refractivity (Wildman–Crippen MR) is 107 cm³/mol. The van der Waals surface area contributed by atoms with Crippen LogP contribution in [0.4, 0.5) is 25.2 Å². The molecule has 0 spiro atoms. The molecule has 0 unspecified atom stereocenters. The Bertz CT molecular complexity index is 883. The Balaban J connectivity index is 0. The van der Waals surface area contributed by atoms with E-state index in [2.05, 4.69) is 13.3 Å². The Hall–Kier alpha value is -2.24. The Morgan fingerprint density at radius 3 is 1.36 bits per heavy atom. The Morgan fingerprint density at radius 1 is 0.667 bits per heavy atom. The van der Waals surface area contributed by atoms with Gasteiger partial charge in [0.05, 0.1) is 0 Å². The fourth-order valence-corrected chi connectivity index (χ4v) is 2.92. The average molecular weight is 555 g/mol. The second kappa shape index (κ2) is 14.1. The smallest absolute Gasteiger partial charge is 0.273 e. The monoisotopic (exact) mass is 555 g/mol. The second-order valence-corrected chi connectivity index (χ2v) is 8.27. The summed E-state index contributed by atoms with van der Waals surface area (Å²) in [5.74, 6) is 2.28. The van der Waals surface area contributed by atoms with Crippen LogP contribution in [0.15, 0.2) is 78.9 Å². The van der Waals surface area contributed by atoms with Gasteiger partial charge >= 0.3 is 64.2 Å². The summed E-state index contributed by atoms with van der Waals surface area (Å²) in [7, 11) is -12.4. The maximum atomic E-state index is 9.87. The van der Waals surface area contributed by atoms with E-state index >= 15 is 0 Å². The molecule has 2 aromatic rings. The van der Waals surface area contributed by atoms with E-state index in [0.29, 0.717) is 0 Å². The second-order valence-electron chi connectivity index (χ2n) is 5.24. The molecule has 5 nitrogen and oxygen atoms in total. The van der Waals surface area contributed by atoms with Gasteiger partial charge in [-0.2, -0.15) is 0 Å². The van der Waals surface area contributed by atoms with Gasteiger partial charge in [0.15, 0.2) is 5.75 Å². The van der Waals surface area contributed by atoms with Crippen molar-refractivity contribution in [1.29, 1.82) is 0 Å². The van der Waals surface area contributed by atoms with Crippen LogP contribution in [0.25, 0.3) is 0 Å². The molecule has 0 N–H and O–H groups in total. The maximum Gasteiger partial charge on any atom is 0.528 e. The topological polar surface area (TPSA) is 67.5 Å². The third-order valence-electron chi connectivity index (χ3n) is 2.74. The van der Waals surface area contributed by atoms with E-state index in [4.69, 9.17) is 22.9 Å². The van der Waals surface area contributed by atoms with Crippen LogP contribution in [-0.4, -0.2) is 0 Å². The van der Waals surface area contributed by atoms with Gasteiger partial charge in [-0.3, -0.25) is 13.6 Å². The van der Waals surface area contributed by atoms with Crippen LogP contribution in [0.5, 0.6) is 17.2 Å². The van der Waals surface area contributed by atoms with E-state index in [1.54, 1.807) is 0 Å². The van der Waals surface area contributed by atoms with Gasteiger partial charge in [-0.15, -0.1) is 0 Å². The molecule has 1 aliphatic carbocycles. The molecule has 0 aromatic heterocycles. The zero-order valence-corrected chi connectivity index (χ0v) is 19.2. The van der Waals surface area contributed by atoms with Crippen LogP contribution in [0.2, 0.25) is 0 Å². The van der Waals surface area contributed by atoms with E-state index in [0.717, 1.165) is 17.2 Å². The first-order valence-electron chi connectivity index (χ1n) is 8.05. The van der Waals surface area contributed by atoms with Crippen molar-refractivity contribution in [2.45, 2.75) is 0 Å². The number of hydrogen-bond acceptors (Lipinski definition) is 3. The van der Waals surface area contributed by atoms with E-state index in [9.17, 15) is 25.2 Å². The number of hydrogen-bond donors (Lipinski definition) is 0. The number of halogens is 6. The molecule has 2 aliphatic rings. The molecule has 33 heavy (non-hydrogen) atoms. The minimum atomic E-state index is -10.7. The van der Waals surface area contributed by atoms with Crippen LogP contribution in [-0.2, 0) is 26.4 Å². The molecule has 181 valence electrons. The van der Waals surface area contributed by atoms with Crippen molar-refractivity contribution in [3.05, 3.63) is 98.6 Å². The van der Waals surface area contributed by atoms with Gasteiger partial charge in [0, 0.05) is 23.5 Å². The summed E-state index contributed by atoms with van der Waals surface area (Å²) in [4.78, 5) is 0. The fourth-order valence-electron chi connectivity index (χ4n) is 1.77. The first-order valence-corrected chi connectivity index (χ1v) is 11.3. The van der Waals surface area contributed by atoms with Crippen molar-refractivity contribution >= 4 is 16.4 Å². The van der Waals surface area contributed by atoms with E-state index in [1.165, 1.54) is 0 Å². The fraction of sp³-hybridized carbons (Fsp3) is 0. The summed E-state index contributed by atoms with van der Waals surface area (Å²) in [6.45, 7) is 9.00. The van der Waals surface area contributed by atoms with Gasteiger partial charge < -0.3 is 0 Å². The number of fused-ring (bicyclic) bond motifs is 1. The minimum absolute atomic E-state index is 0. The van der Waals surface area contributed by atoms with Crippen LogP contribution >= 0.6 is 16.4 Å². The first kappa shape index (κ1) is 32.9. The van der Waals surface area contributed by atoms with Crippen molar-refractivity contribution < 1.29 is 65.1 Å². The number of rotatable bonds is 2. The molecule has 14 heteroatoms. The predicted octanol–water partition coefficient (Wildman–Crippen LogP) is 8.12. The van der Waals surface area contributed by atoms with Crippen molar-refractivity contribution in [2.24, 2.45) is 0 Å². The molecule has 0 amide bonds. The van der Waals surface area contributed by atoms with Crippen molar-refractivity contribution in [2.75, 3.05) is 0 Å². The van der Waals surface area contributed by atoms with Gasteiger partial charge in [-0.1, -0.05) is 54.6 Å². The number of allylic oxidation sites excluding steroid dienone is 4. The van der Waals surface area contributed by atoms with Crippen molar-refractivity contribution in [1.82, 2.24) is 0 Å². The molecule has 1 radical (unpaired) electrons. The normalized spacial score (nSPS) is 14.4. The summed E-state index contributed by atoms with van der Waals surface area (Å²) >= 11 is 0. The van der Waals surface area contributed by atoms with E-state index < -0.39 is 16.4 Å². The van der Waals surface area contributed by atoms with Gasteiger partial charge in [0.2, 0.25) is 11.5 Å². The van der Waals surface area contributed by atoms with Crippen LogP contribution in [0.3, 0.4) is 0 Å². The van der Waals surface area contributed by atoms with Gasteiger partial charge in [-0.25, -0.2) is 0 Å². The van der Waals surface area contributed by atoms with Crippen LogP contribution < -0.4 is 13.6 Å². The molecule has 0 saturated heterocycles. The molecule has 2 aromatic carbocycles. The number of benzene rings is 2. The molecule has 0 atom stereocenters. The summed E-state index contributed by atoms with van der Waals surface area (Å²) < 4.78 is 90.9. The molecule has 4 rings (SSSR count). The van der Waals surface area contributed by atoms with Crippen LogP contribution in [0, 0.1) is 19.7 Å². The quantitative estimate of drug-likeness (QED) is 0.124. The largest absolute Gasteiger partial charge is 0.528 e. The van der Waals surface area contributed by atoms with Crippen molar-refractivity contribution in [3.63, 3.8) is 0 Å². The Morgan fingerprint density at radius 2 is 1.03 bits per heavy atom.